The topological polar surface area (TPSA) is 29.3 Å². The lowest BCUT2D eigenvalue weighted by Gasteiger charge is -2.26. The number of rotatable bonds is 6. The Hall–Kier alpha value is -6.45. The number of nitrogens with zero attached hydrogens (tertiary/aromatic N) is 2. The van der Waals surface area contributed by atoms with E-state index in [-0.39, 0.29) is 0 Å². The fraction of sp³-hybridized carbons (Fsp3) is 0. The first-order valence-corrected chi connectivity index (χ1v) is 16.2. The van der Waals surface area contributed by atoms with Crippen LogP contribution in [0.4, 0.5) is 17.1 Å². The lowest BCUT2D eigenvalue weighted by atomic mass is 10.00. The van der Waals surface area contributed by atoms with Crippen LogP contribution < -0.4 is 4.90 Å². The molecule has 3 heteroatoms. The lowest BCUT2D eigenvalue weighted by Crippen LogP contribution is -2.10. The van der Waals surface area contributed by atoms with E-state index in [0.717, 1.165) is 44.9 Å². The molecule has 0 N–H and O–H groups in total. The Balaban J connectivity index is 1.14. The van der Waals surface area contributed by atoms with Crippen LogP contribution in [-0.2, 0) is 0 Å². The van der Waals surface area contributed by atoms with Gasteiger partial charge in [-0.15, -0.1) is 0 Å². The second kappa shape index (κ2) is 11.7. The molecule has 3 nitrogen and oxygen atoms in total. The summed E-state index contributed by atoms with van der Waals surface area (Å²) >= 11 is 0. The standard InChI is InChI=1S/C45H30N2O/c1-2-12-34(13-3-1)45-46-43-19-9-18-42(44(43)48-45)33-23-25-39(26-24-33)47(41-27-22-32-11-5-7-15-36(32)29-41)40-17-8-16-37(30-40)38-21-20-31-10-4-6-14-35(31)28-38/h1-30H. The zero-order valence-electron chi connectivity index (χ0n) is 26.1. The molecule has 9 rings (SSSR count). The largest absolute Gasteiger partial charge is 0.435 e. The van der Waals surface area contributed by atoms with Gasteiger partial charge in [0.25, 0.3) is 0 Å². The normalized spacial score (nSPS) is 11.3. The van der Waals surface area contributed by atoms with Crippen molar-refractivity contribution in [3.63, 3.8) is 0 Å². The SMILES string of the molecule is c1ccc(-c2nc3cccc(-c4ccc(N(c5cccc(-c6ccc7ccccc7c6)c5)c5ccc6ccccc6c5)cc4)c3o2)cc1. The van der Waals surface area contributed by atoms with Crippen LogP contribution in [0, 0.1) is 0 Å². The molecule has 1 heterocycles. The summed E-state index contributed by atoms with van der Waals surface area (Å²) in [6, 6.07) is 64.2. The third-order valence-corrected chi connectivity index (χ3v) is 9.05. The van der Waals surface area contributed by atoms with Gasteiger partial charge in [0.15, 0.2) is 5.58 Å². The maximum atomic E-state index is 6.36. The predicted molar refractivity (Wildman–Crippen MR) is 200 cm³/mol. The summed E-state index contributed by atoms with van der Waals surface area (Å²) in [5.74, 6) is 0.628. The van der Waals surface area contributed by atoms with E-state index in [4.69, 9.17) is 9.40 Å². The molecule has 1 aromatic heterocycles. The summed E-state index contributed by atoms with van der Waals surface area (Å²) < 4.78 is 6.36. The van der Waals surface area contributed by atoms with Crippen LogP contribution in [0.3, 0.4) is 0 Å². The minimum Gasteiger partial charge on any atom is -0.435 e. The number of fused-ring (bicyclic) bond motifs is 3. The van der Waals surface area contributed by atoms with Gasteiger partial charge in [0.2, 0.25) is 5.89 Å². The van der Waals surface area contributed by atoms with Crippen LogP contribution in [-0.4, -0.2) is 4.98 Å². The van der Waals surface area contributed by atoms with Crippen LogP contribution in [0.1, 0.15) is 0 Å². The maximum absolute atomic E-state index is 6.36. The van der Waals surface area contributed by atoms with Crippen LogP contribution in [0.25, 0.3) is 66.4 Å². The van der Waals surface area contributed by atoms with Gasteiger partial charge in [-0.05, 0) is 98.9 Å². The third kappa shape index (κ3) is 5.08. The number of anilines is 3. The molecule has 0 spiro atoms. The number of para-hydroxylation sites is 1. The molecule has 8 aromatic carbocycles. The molecule has 0 saturated heterocycles. The van der Waals surface area contributed by atoms with Crippen molar-refractivity contribution < 1.29 is 4.42 Å². The third-order valence-electron chi connectivity index (χ3n) is 9.05. The Kier molecular flexibility index (Phi) is 6.80. The van der Waals surface area contributed by atoms with E-state index in [1.54, 1.807) is 0 Å². The van der Waals surface area contributed by atoms with Crippen molar-refractivity contribution >= 4 is 49.7 Å². The molecule has 0 aliphatic rings. The van der Waals surface area contributed by atoms with Crippen LogP contribution in [0.5, 0.6) is 0 Å². The summed E-state index contributed by atoms with van der Waals surface area (Å²) in [6.07, 6.45) is 0. The van der Waals surface area contributed by atoms with E-state index in [9.17, 15) is 0 Å². The van der Waals surface area contributed by atoms with Crippen molar-refractivity contribution in [3.05, 3.63) is 182 Å². The number of aromatic nitrogens is 1. The quantitative estimate of drug-likeness (QED) is 0.187. The van der Waals surface area contributed by atoms with E-state index in [0.29, 0.717) is 5.89 Å². The van der Waals surface area contributed by atoms with Gasteiger partial charge in [0.1, 0.15) is 5.52 Å². The molecule has 0 atom stereocenters. The minimum atomic E-state index is 0.628. The Labute approximate surface area is 279 Å². The second-order valence-electron chi connectivity index (χ2n) is 12.1. The molecular formula is C45H30N2O. The smallest absolute Gasteiger partial charge is 0.227 e. The molecule has 0 saturated carbocycles. The fourth-order valence-electron chi connectivity index (χ4n) is 6.63. The Bertz CT molecular complexity index is 2570. The minimum absolute atomic E-state index is 0.628. The van der Waals surface area contributed by atoms with Gasteiger partial charge in [0, 0.05) is 28.2 Å². The first-order chi connectivity index (χ1) is 23.8. The van der Waals surface area contributed by atoms with Gasteiger partial charge in [-0.25, -0.2) is 4.98 Å². The van der Waals surface area contributed by atoms with Crippen molar-refractivity contribution in [1.82, 2.24) is 4.98 Å². The molecule has 0 aliphatic heterocycles. The first-order valence-electron chi connectivity index (χ1n) is 16.2. The van der Waals surface area contributed by atoms with Gasteiger partial charge in [-0.1, -0.05) is 121 Å². The highest BCUT2D eigenvalue weighted by molar-refractivity contribution is 5.94. The van der Waals surface area contributed by atoms with Gasteiger partial charge < -0.3 is 9.32 Å². The summed E-state index contributed by atoms with van der Waals surface area (Å²) in [6.45, 7) is 0. The van der Waals surface area contributed by atoms with Crippen molar-refractivity contribution in [3.8, 4) is 33.7 Å². The Morgan fingerprint density at radius 3 is 1.75 bits per heavy atom. The molecule has 0 amide bonds. The number of hydrogen-bond donors (Lipinski definition) is 0. The highest BCUT2D eigenvalue weighted by Gasteiger charge is 2.17. The predicted octanol–water partition coefficient (Wildman–Crippen LogP) is 12.6. The van der Waals surface area contributed by atoms with Crippen LogP contribution in [0.15, 0.2) is 186 Å². The van der Waals surface area contributed by atoms with Crippen molar-refractivity contribution in [2.75, 3.05) is 4.90 Å². The van der Waals surface area contributed by atoms with Gasteiger partial charge in [-0.2, -0.15) is 0 Å². The molecule has 226 valence electrons. The fourth-order valence-corrected chi connectivity index (χ4v) is 6.63. The molecular weight excluding hydrogens is 585 g/mol. The highest BCUT2D eigenvalue weighted by Crippen LogP contribution is 2.40. The Morgan fingerprint density at radius 1 is 0.375 bits per heavy atom. The number of oxazole rings is 1. The van der Waals surface area contributed by atoms with Crippen LogP contribution >= 0.6 is 0 Å². The van der Waals surface area contributed by atoms with Crippen molar-refractivity contribution in [2.24, 2.45) is 0 Å². The molecule has 48 heavy (non-hydrogen) atoms. The summed E-state index contributed by atoms with van der Waals surface area (Å²) in [5.41, 5.74) is 10.3. The van der Waals surface area contributed by atoms with E-state index < -0.39 is 0 Å². The van der Waals surface area contributed by atoms with E-state index >= 15 is 0 Å². The molecule has 0 fully saturated rings. The molecule has 0 bridgehead atoms. The van der Waals surface area contributed by atoms with Gasteiger partial charge in [-0.3, -0.25) is 0 Å². The zero-order valence-corrected chi connectivity index (χ0v) is 26.1. The van der Waals surface area contributed by atoms with E-state index in [1.165, 1.54) is 32.7 Å². The van der Waals surface area contributed by atoms with E-state index in [2.05, 4.69) is 144 Å². The average Bonchev–Trinajstić information content (AvgIpc) is 3.61. The second-order valence-corrected chi connectivity index (χ2v) is 12.1. The van der Waals surface area contributed by atoms with Gasteiger partial charge in [0.05, 0.1) is 0 Å². The van der Waals surface area contributed by atoms with E-state index in [1.807, 2.05) is 42.5 Å². The van der Waals surface area contributed by atoms with Crippen molar-refractivity contribution in [1.29, 1.82) is 0 Å². The molecule has 0 unspecified atom stereocenters. The molecule has 0 aliphatic carbocycles. The molecule has 0 radical (unpaired) electrons. The first kappa shape index (κ1) is 27.8. The number of benzene rings is 8. The molecule has 9 aromatic rings. The summed E-state index contributed by atoms with van der Waals surface area (Å²) in [7, 11) is 0. The Morgan fingerprint density at radius 2 is 0.958 bits per heavy atom. The highest BCUT2D eigenvalue weighted by atomic mass is 16.3. The number of hydrogen-bond acceptors (Lipinski definition) is 3. The lowest BCUT2D eigenvalue weighted by molar-refractivity contribution is 0.621. The van der Waals surface area contributed by atoms with Gasteiger partial charge >= 0.3 is 0 Å². The monoisotopic (exact) mass is 614 g/mol. The summed E-state index contributed by atoms with van der Waals surface area (Å²) in [5, 5.41) is 4.90. The maximum Gasteiger partial charge on any atom is 0.227 e. The summed E-state index contributed by atoms with van der Waals surface area (Å²) in [4.78, 5) is 7.13. The van der Waals surface area contributed by atoms with Crippen molar-refractivity contribution in [2.45, 2.75) is 0 Å². The van der Waals surface area contributed by atoms with Crippen LogP contribution in [0.2, 0.25) is 0 Å². The average molecular weight is 615 g/mol. The zero-order chi connectivity index (χ0) is 31.9.